The molecule has 0 spiro atoms. The maximum absolute atomic E-state index is 11.8. The Labute approximate surface area is 120 Å². The zero-order chi connectivity index (χ0) is 14.3. The van der Waals surface area contributed by atoms with Crippen LogP contribution in [0.3, 0.4) is 0 Å². The predicted molar refractivity (Wildman–Crippen MR) is 77.0 cm³/mol. The van der Waals surface area contributed by atoms with E-state index in [1.54, 1.807) is 12.3 Å². The number of hydrogen-bond donors (Lipinski definition) is 1. The fraction of sp³-hybridized carbons (Fsp3) is 0.214. The van der Waals surface area contributed by atoms with Gasteiger partial charge in [-0.2, -0.15) is 0 Å². The molecule has 102 valence electrons. The number of imide groups is 1. The molecule has 1 aliphatic heterocycles. The first-order valence-corrected chi connectivity index (χ1v) is 6.60. The third-order valence-corrected chi connectivity index (χ3v) is 3.83. The first-order chi connectivity index (χ1) is 9.56. The lowest BCUT2D eigenvalue weighted by molar-refractivity contribution is -0.120. The van der Waals surface area contributed by atoms with Crippen LogP contribution in [0.1, 0.15) is 12.0 Å². The van der Waals surface area contributed by atoms with Gasteiger partial charge in [-0.25, -0.2) is 4.79 Å². The second kappa shape index (κ2) is 4.76. The normalized spacial score (nSPS) is 15.6. The summed E-state index contributed by atoms with van der Waals surface area (Å²) >= 11 is 6.11. The number of hydrogen-bond acceptors (Lipinski definition) is 3. The van der Waals surface area contributed by atoms with Gasteiger partial charge in [0.2, 0.25) is 5.91 Å². The molecule has 0 radical (unpaired) electrons. The zero-order valence-corrected chi connectivity index (χ0v) is 11.6. The van der Waals surface area contributed by atoms with E-state index in [9.17, 15) is 9.59 Å². The second-order valence-corrected chi connectivity index (χ2v) is 5.09. The number of anilines is 1. The van der Waals surface area contributed by atoms with Crippen molar-refractivity contribution >= 4 is 40.1 Å². The number of aryl methyl sites for hydroxylation is 1. The zero-order valence-electron chi connectivity index (χ0n) is 10.8. The Bertz CT molecular complexity index is 730. The molecule has 1 saturated heterocycles. The summed E-state index contributed by atoms with van der Waals surface area (Å²) in [7, 11) is 0. The summed E-state index contributed by atoms with van der Waals surface area (Å²) in [6.45, 7) is 2.27. The smallest absolute Gasteiger partial charge is 0.292 e. The molecule has 20 heavy (non-hydrogen) atoms. The molecule has 5 nitrogen and oxygen atoms in total. The van der Waals surface area contributed by atoms with Gasteiger partial charge in [0.1, 0.15) is 0 Å². The minimum atomic E-state index is -0.415. The predicted octanol–water partition coefficient (Wildman–Crippen LogP) is 2.64. The summed E-state index contributed by atoms with van der Waals surface area (Å²) in [5, 5.41) is 3.86. The first-order valence-electron chi connectivity index (χ1n) is 6.22. The van der Waals surface area contributed by atoms with Gasteiger partial charge in [-0.05, 0) is 30.7 Å². The van der Waals surface area contributed by atoms with E-state index in [0.717, 1.165) is 16.5 Å². The number of halogens is 1. The average molecular weight is 290 g/mol. The van der Waals surface area contributed by atoms with Crippen LogP contribution in [-0.4, -0.2) is 23.5 Å². The maximum atomic E-state index is 11.8. The third-order valence-electron chi connectivity index (χ3n) is 3.42. The van der Waals surface area contributed by atoms with E-state index in [-0.39, 0.29) is 12.3 Å². The summed E-state index contributed by atoms with van der Waals surface area (Å²) in [6, 6.07) is 5.10. The van der Waals surface area contributed by atoms with Crippen molar-refractivity contribution in [2.75, 3.05) is 11.4 Å². The monoisotopic (exact) mass is 289 g/mol. The highest BCUT2D eigenvalue weighted by atomic mass is 35.5. The molecule has 1 aliphatic rings. The molecule has 0 bridgehead atoms. The van der Waals surface area contributed by atoms with Gasteiger partial charge in [-0.3, -0.25) is 20.0 Å². The Morgan fingerprint density at radius 1 is 1.35 bits per heavy atom. The Balaban J connectivity index is 2.06. The van der Waals surface area contributed by atoms with Crippen molar-refractivity contribution in [3.63, 3.8) is 0 Å². The van der Waals surface area contributed by atoms with Crippen molar-refractivity contribution in [2.24, 2.45) is 0 Å². The highest BCUT2D eigenvalue weighted by Gasteiger charge is 2.24. The van der Waals surface area contributed by atoms with Crippen LogP contribution in [0, 0.1) is 6.92 Å². The van der Waals surface area contributed by atoms with Crippen molar-refractivity contribution in [3.05, 3.63) is 35.0 Å². The standard InChI is InChI=1S/C14H12ClN3O2/c1-8-10-6-9(7-16-12(10)3-2-11(8)15)18-5-4-13(19)17-14(18)20/h2-3,6-7H,4-5H2,1H3,(H,17,19,20). The second-order valence-electron chi connectivity index (χ2n) is 4.69. The van der Waals surface area contributed by atoms with E-state index >= 15 is 0 Å². The lowest BCUT2D eigenvalue weighted by Crippen LogP contribution is -2.49. The van der Waals surface area contributed by atoms with Crippen molar-refractivity contribution in [1.82, 2.24) is 10.3 Å². The molecule has 0 atom stereocenters. The number of aromatic nitrogens is 1. The quantitative estimate of drug-likeness (QED) is 0.878. The van der Waals surface area contributed by atoms with Gasteiger partial charge >= 0.3 is 6.03 Å². The number of fused-ring (bicyclic) bond motifs is 1. The van der Waals surface area contributed by atoms with Crippen molar-refractivity contribution < 1.29 is 9.59 Å². The molecule has 0 aliphatic carbocycles. The number of rotatable bonds is 1. The fourth-order valence-electron chi connectivity index (χ4n) is 2.26. The lowest BCUT2D eigenvalue weighted by atomic mass is 10.1. The number of urea groups is 1. The Morgan fingerprint density at radius 2 is 2.15 bits per heavy atom. The molecule has 2 aromatic rings. The Morgan fingerprint density at radius 3 is 2.90 bits per heavy atom. The van der Waals surface area contributed by atoms with E-state index in [0.29, 0.717) is 17.3 Å². The fourth-order valence-corrected chi connectivity index (χ4v) is 2.43. The molecule has 3 rings (SSSR count). The molecule has 1 aromatic carbocycles. The summed E-state index contributed by atoms with van der Waals surface area (Å²) in [5.41, 5.74) is 2.41. The molecule has 1 fully saturated rings. The number of carbonyl (C=O) groups is 2. The number of pyridine rings is 1. The lowest BCUT2D eigenvalue weighted by Gasteiger charge is -2.26. The van der Waals surface area contributed by atoms with Gasteiger partial charge in [-0.15, -0.1) is 0 Å². The summed E-state index contributed by atoms with van der Waals surface area (Å²) in [6.07, 6.45) is 1.92. The Hall–Kier alpha value is -2.14. The number of carbonyl (C=O) groups excluding carboxylic acids is 2. The van der Waals surface area contributed by atoms with Crippen LogP contribution >= 0.6 is 11.6 Å². The molecule has 0 saturated carbocycles. The molecular formula is C14H12ClN3O2. The highest BCUT2D eigenvalue weighted by Crippen LogP contribution is 2.28. The van der Waals surface area contributed by atoms with Crippen LogP contribution in [-0.2, 0) is 4.79 Å². The van der Waals surface area contributed by atoms with Crippen LogP contribution < -0.4 is 10.2 Å². The summed E-state index contributed by atoms with van der Waals surface area (Å²) in [4.78, 5) is 28.9. The highest BCUT2D eigenvalue weighted by molar-refractivity contribution is 6.32. The molecular weight excluding hydrogens is 278 g/mol. The SMILES string of the molecule is Cc1c(Cl)ccc2ncc(N3CCC(=O)NC3=O)cc12. The largest absolute Gasteiger partial charge is 0.328 e. The van der Waals surface area contributed by atoms with Crippen LogP contribution in [0.15, 0.2) is 24.4 Å². The van der Waals surface area contributed by atoms with Gasteiger partial charge in [0.15, 0.2) is 0 Å². The molecule has 2 heterocycles. The summed E-state index contributed by atoms with van der Waals surface area (Å²) in [5.74, 6) is -0.251. The first kappa shape index (κ1) is 12.9. The molecule has 1 N–H and O–H groups in total. The average Bonchev–Trinajstić information content (AvgIpc) is 2.43. The van der Waals surface area contributed by atoms with Crippen LogP contribution in [0.4, 0.5) is 10.5 Å². The maximum Gasteiger partial charge on any atom is 0.328 e. The molecule has 1 aromatic heterocycles. The number of benzene rings is 1. The number of nitrogens with zero attached hydrogens (tertiary/aromatic N) is 2. The van der Waals surface area contributed by atoms with Crippen LogP contribution in [0.25, 0.3) is 10.9 Å². The van der Waals surface area contributed by atoms with Crippen molar-refractivity contribution in [3.8, 4) is 0 Å². The van der Waals surface area contributed by atoms with Crippen molar-refractivity contribution in [2.45, 2.75) is 13.3 Å². The van der Waals surface area contributed by atoms with Gasteiger partial charge in [0.05, 0.1) is 17.4 Å². The van der Waals surface area contributed by atoms with Gasteiger partial charge in [0.25, 0.3) is 0 Å². The summed E-state index contributed by atoms with van der Waals surface area (Å²) < 4.78 is 0. The van der Waals surface area contributed by atoms with Gasteiger partial charge in [-0.1, -0.05) is 11.6 Å². The van der Waals surface area contributed by atoms with E-state index in [1.165, 1.54) is 4.90 Å². The minimum absolute atomic E-state index is 0.251. The number of amides is 3. The van der Waals surface area contributed by atoms with E-state index in [1.807, 2.05) is 19.1 Å². The number of nitrogens with one attached hydrogen (secondary N) is 1. The molecule has 3 amide bonds. The van der Waals surface area contributed by atoms with Gasteiger partial charge < -0.3 is 0 Å². The van der Waals surface area contributed by atoms with E-state index in [4.69, 9.17) is 11.6 Å². The van der Waals surface area contributed by atoms with Crippen molar-refractivity contribution in [1.29, 1.82) is 0 Å². The van der Waals surface area contributed by atoms with Crippen LogP contribution in [0.5, 0.6) is 0 Å². The minimum Gasteiger partial charge on any atom is -0.292 e. The Kier molecular flexibility index (Phi) is 3.06. The molecule has 0 unspecified atom stereocenters. The van der Waals surface area contributed by atoms with E-state index < -0.39 is 6.03 Å². The van der Waals surface area contributed by atoms with Gasteiger partial charge in [0, 0.05) is 23.4 Å². The van der Waals surface area contributed by atoms with Crippen LogP contribution in [0.2, 0.25) is 5.02 Å². The third kappa shape index (κ3) is 2.10. The van der Waals surface area contributed by atoms with E-state index in [2.05, 4.69) is 10.3 Å². The molecule has 6 heteroatoms. The topological polar surface area (TPSA) is 62.3 Å².